The molecule has 0 aromatic rings. The minimum Gasteiger partial charge on any atom is -0.395 e. The fraction of sp³-hybridized carbons (Fsp3) is 0.609. The molecule has 154 valence electrons. The largest absolute Gasteiger partial charge is 0.395 e. The molecule has 0 aromatic heterocycles. The van der Waals surface area contributed by atoms with Crippen LogP contribution in [0.1, 0.15) is 71.1 Å². The van der Waals surface area contributed by atoms with Crippen LogP contribution in [0.2, 0.25) is 0 Å². The minimum atomic E-state index is 0.105. The fourth-order valence-electron chi connectivity index (χ4n) is 2.38. The SMILES string of the molecule is CCCCC/C=C\C/C=C\C/C=C\C/C=C\CCCCNC(=S)NCCO. The van der Waals surface area contributed by atoms with Crippen LogP contribution < -0.4 is 10.6 Å². The van der Waals surface area contributed by atoms with Crippen molar-refractivity contribution in [1.29, 1.82) is 0 Å². The maximum Gasteiger partial charge on any atom is 0.166 e. The molecule has 0 atom stereocenters. The van der Waals surface area contributed by atoms with Crippen LogP contribution in [0.3, 0.4) is 0 Å². The van der Waals surface area contributed by atoms with Crippen molar-refractivity contribution in [3.63, 3.8) is 0 Å². The highest BCUT2D eigenvalue weighted by atomic mass is 32.1. The molecule has 0 aromatic carbocycles. The second-order valence-electron chi connectivity index (χ2n) is 6.49. The van der Waals surface area contributed by atoms with E-state index in [4.69, 9.17) is 17.3 Å². The molecule has 0 radical (unpaired) electrons. The van der Waals surface area contributed by atoms with Gasteiger partial charge in [0.25, 0.3) is 0 Å². The average Bonchev–Trinajstić information content (AvgIpc) is 2.68. The lowest BCUT2D eigenvalue weighted by atomic mass is 10.2. The zero-order valence-electron chi connectivity index (χ0n) is 17.2. The highest BCUT2D eigenvalue weighted by Gasteiger charge is 1.92. The van der Waals surface area contributed by atoms with Gasteiger partial charge in [0.2, 0.25) is 0 Å². The van der Waals surface area contributed by atoms with Crippen molar-refractivity contribution in [3.8, 4) is 0 Å². The van der Waals surface area contributed by atoms with Crippen LogP contribution in [0.5, 0.6) is 0 Å². The molecule has 0 saturated carbocycles. The molecule has 0 aliphatic carbocycles. The summed E-state index contributed by atoms with van der Waals surface area (Å²) in [5.41, 5.74) is 0. The molecule has 0 fully saturated rings. The number of aliphatic hydroxyl groups excluding tert-OH is 1. The summed E-state index contributed by atoms with van der Waals surface area (Å²) in [5.74, 6) is 0. The maximum atomic E-state index is 8.68. The lowest BCUT2D eigenvalue weighted by molar-refractivity contribution is 0.300. The Morgan fingerprint density at radius 2 is 1.19 bits per heavy atom. The summed E-state index contributed by atoms with van der Waals surface area (Å²) in [6.07, 6.45) is 29.6. The van der Waals surface area contributed by atoms with Crippen molar-refractivity contribution in [2.45, 2.75) is 71.1 Å². The van der Waals surface area contributed by atoms with Gasteiger partial charge < -0.3 is 15.7 Å². The third kappa shape index (κ3) is 22.6. The van der Waals surface area contributed by atoms with E-state index in [1.165, 1.54) is 25.7 Å². The summed E-state index contributed by atoms with van der Waals surface area (Å²) < 4.78 is 0. The van der Waals surface area contributed by atoms with Gasteiger partial charge in [0, 0.05) is 13.1 Å². The quantitative estimate of drug-likeness (QED) is 0.171. The summed E-state index contributed by atoms with van der Waals surface area (Å²) in [6.45, 7) is 3.74. The van der Waals surface area contributed by atoms with E-state index in [9.17, 15) is 0 Å². The molecular formula is C23H40N2OS. The van der Waals surface area contributed by atoms with E-state index in [1.807, 2.05) is 0 Å². The van der Waals surface area contributed by atoms with E-state index in [0.717, 1.165) is 45.1 Å². The first kappa shape index (κ1) is 25.6. The van der Waals surface area contributed by atoms with Gasteiger partial charge in [-0.2, -0.15) is 0 Å². The summed E-state index contributed by atoms with van der Waals surface area (Å²) in [7, 11) is 0. The van der Waals surface area contributed by atoms with Gasteiger partial charge in [-0.15, -0.1) is 0 Å². The number of unbranched alkanes of at least 4 members (excludes halogenated alkanes) is 5. The number of hydrogen-bond donors (Lipinski definition) is 3. The van der Waals surface area contributed by atoms with E-state index in [2.05, 4.69) is 66.2 Å². The van der Waals surface area contributed by atoms with Crippen LogP contribution in [-0.4, -0.2) is 29.9 Å². The van der Waals surface area contributed by atoms with Crippen molar-refractivity contribution >= 4 is 17.3 Å². The van der Waals surface area contributed by atoms with E-state index in [0.29, 0.717) is 11.7 Å². The van der Waals surface area contributed by atoms with Gasteiger partial charge in [-0.05, 0) is 63.6 Å². The van der Waals surface area contributed by atoms with Gasteiger partial charge in [-0.3, -0.25) is 0 Å². The molecule has 0 bridgehead atoms. The Morgan fingerprint density at radius 3 is 1.70 bits per heavy atom. The van der Waals surface area contributed by atoms with Gasteiger partial charge in [0.05, 0.1) is 6.61 Å². The van der Waals surface area contributed by atoms with Crippen LogP contribution in [0, 0.1) is 0 Å². The molecule has 3 N–H and O–H groups in total. The number of allylic oxidation sites excluding steroid dienone is 8. The predicted octanol–water partition coefficient (Wildman–Crippen LogP) is 5.59. The van der Waals surface area contributed by atoms with E-state index >= 15 is 0 Å². The lowest BCUT2D eigenvalue weighted by Gasteiger charge is -2.08. The molecule has 0 unspecified atom stereocenters. The van der Waals surface area contributed by atoms with Gasteiger partial charge in [0.15, 0.2) is 5.11 Å². The normalized spacial score (nSPS) is 12.1. The summed E-state index contributed by atoms with van der Waals surface area (Å²) in [5, 5.41) is 15.4. The molecule has 0 spiro atoms. The third-order valence-electron chi connectivity index (χ3n) is 3.94. The second kappa shape index (κ2) is 22.7. The number of rotatable bonds is 17. The monoisotopic (exact) mass is 392 g/mol. The maximum absolute atomic E-state index is 8.68. The standard InChI is InChI=1S/C23H40N2OS/c1-2-3-4-5-6-7-8-9-10-11-12-13-14-15-16-17-18-19-20-24-23(27)25-21-22-26/h6-7,9-10,12-13,15-16,26H,2-5,8,11,14,17-22H2,1H3,(H2,24,25,27)/b7-6-,10-9-,13-12-,16-15-. The summed E-state index contributed by atoms with van der Waals surface area (Å²) in [6, 6.07) is 0. The summed E-state index contributed by atoms with van der Waals surface area (Å²) in [4.78, 5) is 0. The molecule has 4 heteroatoms. The Bertz CT molecular complexity index is 442. The lowest BCUT2D eigenvalue weighted by Crippen LogP contribution is -2.37. The highest BCUT2D eigenvalue weighted by molar-refractivity contribution is 7.80. The first-order valence-corrected chi connectivity index (χ1v) is 10.9. The molecule has 0 amide bonds. The molecule has 0 aliphatic rings. The van der Waals surface area contributed by atoms with Crippen molar-refractivity contribution < 1.29 is 5.11 Å². The molecule has 0 rings (SSSR count). The first-order chi connectivity index (χ1) is 13.3. The van der Waals surface area contributed by atoms with Gasteiger partial charge in [-0.1, -0.05) is 68.4 Å². The smallest absolute Gasteiger partial charge is 0.166 e. The molecular weight excluding hydrogens is 352 g/mol. The van der Waals surface area contributed by atoms with Crippen LogP contribution in [-0.2, 0) is 0 Å². The zero-order valence-corrected chi connectivity index (χ0v) is 18.0. The molecule has 3 nitrogen and oxygen atoms in total. The Labute approximate surface area is 172 Å². The summed E-state index contributed by atoms with van der Waals surface area (Å²) >= 11 is 5.08. The molecule has 0 aliphatic heterocycles. The molecule has 0 heterocycles. The topological polar surface area (TPSA) is 44.3 Å². The zero-order chi connectivity index (χ0) is 19.8. The Kier molecular flexibility index (Phi) is 21.5. The number of nitrogens with one attached hydrogen (secondary N) is 2. The number of thiocarbonyl (C=S) groups is 1. The highest BCUT2D eigenvalue weighted by Crippen LogP contribution is 2.01. The molecule has 0 saturated heterocycles. The van der Waals surface area contributed by atoms with Crippen LogP contribution >= 0.6 is 12.2 Å². The van der Waals surface area contributed by atoms with Gasteiger partial charge in [0.1, 0.15) is 0 Å². The average molecular weight is 393 g/mol. The Balaban J connectivity index is 3.40. The van der Waals surface area contributed by atoms with E-state index < -0.39 is 0 Å². The number of hydrogen-bond acceptors (Lipinski definition) is 2. The van der Waals surface area contributed by atoms with Gasteiger partial charge in [-0.25, -0.2) is 0 Å². The van der Waals surface area contributed by atoms with Crippen LogP contribution in [0.25, 0.3) is 0 Å². The minimum absolute atomic E-state index is 0.105. The van der Waals surface area contributed by atoms with E-state index in [-0.39, 0.29) is 6.61 Å². The molecule has 27 heavy (non-hydrogen) atoms. The van der Waals surface area contributed by atoms with Crippen molar-refractivity contribution in [2.75, 3.05) is 19.7 Å². The second-order valence-corrected chi connectivity index (χ2v) is 6.90. The first-order valence-electron chi connectivity index (χ1n) is 10.5. The van der Waals surface area contributed by atoms with Crippen LogP contribution in [0.4, 0.5) is 0 Å². The predicted molar refractivity (Wildman–Crippen MR) is 124 cm³/mol. The van der Waals surface area contributed by atoms with Crippen molar-refractivity contribution in [3.05, 3.63) is 48.6 Å². The van der Waals surface area contributed by atoms with Gasteiger partial charge >= 0.3 is 0 Å². The Hall–Kier alpha value is -1.39. The third-order valence-corrected chi connectivity index (χ3v) is 4.23. The van der Waals surface area contributed by atoms with Crippen LogP contribution in [0.15, 0.2) is 48.6 Å². The van der Waals surface area contributed by atoms with E-state index in [1.54, 1.807) is 0 Å². The number of aliphatic hydroxyl groups is 1. The van der Waals surface area contributed by atoms with Crippen molar-refractivity contribution in [1.82, 2.24) is 10.6 Å². The fourth-order valence-corrected chi connectivity index (χ4v) is 2.59. The Morgan fingerprint density at radius 1 is 0.704 bits per heavy atom. The van der Waals surface area contributed by atoms with Crippen molar-refractivity contribution in [2.24, 2.45) is 0 Å².